The molecule has 0 aromatic heterocycles. The van der Waals surface area contributed by atoms with E-state index in [0.717, 1.165) is 5.56 Å². The summed E-state index contributed by atoms with van der Waals surface area (Å²) in [5.74, 6) is 1.17. The average Bonchev–Trinajstić information content (AvgIpc) is 2.25. The van der Waals surface area contributed by atoms with Crippen LogP contribution in [0.4, 0.5) is 0 Å². The fourth-order valence-corrected chi connectivity index (χ4v) is 1.08. The third-order valence-corrected chi connectivity index (χ3v) is 1.75. The fraction of sp³-hybridized carbons (Fsp3) is 0.455. The van der Waals surface area contributed by atoms with Crippen LogP contribution < -0.4 is 28.3 Å². The number of aryl methyl sites for hydroxylation is 1. The van der Waals surface area contributed by atoms with Gasteiger partial charge in [0.1, 0.15) is 0 Å². The van der Waals surface area contributed by atoms with E-state index in [-0.39, 0.29) is 32.4 Å². The smallest absolute Gasteiger partial charge is 0.524 e. The summed E-state index contributed by atoms with van der Waals surface area (Å²) in [6.07, 6.45) is 0. The zero-order valence-electron chi connectivity index (χ0n) is 10.2. The summed E-state index contributed by atoms with van der Waals surface area (Å²) < 4.78 is 20.3. The summed E-state index contributed by atoms with van der Waals surface area (Å²) in [5, 5.41) is 0. The normalized spacial score (nSPS) is 9.44. The van der Waals surface area contributed by atoms with E-state index in [1.165, 1.54) is 0 Å². The standard InChI is InChI=1S/C11H15O4.Li/c1-9-5-4-6-10(14-7-12-2)11(9)15-8-13-3;/h4-5H,7-8H2,1-3H3;/q-1;+1. The maximum absolute atomic E-state index is 5.38. The van der Waals surface area contributed by atoms with Crippen molar-refractivity contribution in [1.82, 2.24) is 0 Å². The molecule has 0 radical (unpaired) electrons. The second kappa shape index (κ2) is 8.48. The first-order valence-electron chi connectivity index (χ1n) is 4.54. The largest absolute Gasteiger partial charge is 1.00 e. The summed E-state index contributed by atoms with van der Waals surface area (Å²) in [7, 11) is 3.13. The van der Waals surface area contributed by atoms with Gasteiger partial charge in [-0.15, -0.1) is 11.6 Å². The quantitative estimate of drug-likeness (QED) is 0.340. The Morgan fingerprint density at radius 3 is 2.38 bits per heavy atom. The molecule has 4 nitrogen and oxygen atoms in total. The maximum Gasteiger partial charge on any atom is 1.00 e. The van der Waals surface area contributed by atoms with Crippen molar-refractivity contribution in [3.8, 4) is 11.5 Å². The second-order valence-electron chi connectivity index (χ2n) is 2.92. The predicted octanol–water partition coefficient (Wildman–Crippen LogP) is -1.24. The Kier molecular flexibility index (Phi) is 8.13. The first-order valence-corrected chi connectivity index (χ1v) is 4.54. The molecule has 0 aliphatic rings. The van der Waals surface area contributed by atoms with Crippen LogP contribution in [0.1, 0.15) is 5.56 Å². The van der Waals surface area contributed by atoms with Crippen molar-refractivity contribution in [3.63, 3.8) is 0 Å². The Morgan fingerprint density at radius 2 is 1.75 bits per heavy atom. The van der Waals surface area contributed by atoms with E-state index in [9.17, 15) is 0 Å². The van der Waals surface area contributed by atoms with Crippen LogP contribution in [-0.4, -0.2) is 27.8 Å². The van der Waals surface area contributed by atoms with Crippen molar-refractivity contribution in [2.45, 2.75) is 6.92 Å². The van der Waals surface area contributed by atoms with Crippen LogP contribution in [0.15, 0.2) is 12.1 Å². The van der Waals surface area contributed by atoms with Gasteiger partial charge < -0.3 is 18.9 Å². The molecule has 0 saturated carbocycles. The molecule has 0 unspecified atom stereocenters. The Hall–Kier alpha value is -0.663. The monoisotopic (exact) mass is 218 g/mol. The Bertz CT molecular complexity index is 304. The SMILES string of the molecule is COCOc1[c-]ccc(C)c1OCOC.[Li+]. The molecule has 1 aromatic rings. The molecular weight excluding hydrogens is 203 g/mol. The number of methoxy groups -OCH3 is 2. The third kappa shape index (κ3) is 4.46. The second-order valence-corrected chi connectivity index (χ2v) is 2.92. The van der Waals surface area contributed by atoms with Gasteiger partial charge in [-0.05, 0) is 0 Å². The molecule has 0 aliphatic carbocycles. The molecule has 0 bridgehead atoms. The summed E-state index contributed by atoms with van der Waals surface area (Å²) in [5.41, 5.74) is 0.969. The van der Waals surface area contributed by atoms with Crippen LogP contribution >= 0.6 is 0 Å². The van der Waals surface area contributed by atoms with E-state index in [1.807, 2.05) is 13.0 Å². The van der Waals surface area contributed by atoms with Gasteiger partial charge in [0.2, 0.25) is 0 Å². The van der Waals surface area contributed by atoms with Gasteiger partial charge in [0.05, 0.1) is 11.5 Å². The molecule has 16 heavy (non-hydrogen) atoms. The zero-order chi connectivity index (χ0) is 11.1. The molecule has 1 aromatic carbocycles. The summed E-state index contributed by atoms with van der Waals surface area (Å²) in [6, 6.07) is 6.61. The van der Waals surface area contributed by atoms with Gasteiger partial charge in [-0.25, -0.2) is 0 Å². The van der Waals surface area contributed by atoms with Crippen molar-refractivity contribution in [2.24, 2.45) is 0 Å². The van der Waals surface area contributed by atoms with Crippen LogP contribution in [0.5, 0.6) is 11.5 Å². The van der Waals surface area contributed by atoms with Gasteiger partial charge in [-0.1, -0.05) is 6.92 Å². The molecule has 0 heterocycles. The van der Waals surface area contributed by atoms with Crippen LogP contribution in [0.25, 0.3) is 0 Å². The Morgan fingerprint density at radius 1 is 1.12 bits per heavy atom. The van der Waals surface area contributed by atoms with Crippen molar-refractivity contribution in [1.29, 1.82) is 0 Å². The van der Waals surface area contributed by atoms with Gasteiger partial charge in [0, 0.05) is 14.2 Å². The number of rotatable bonds is 6. The maximum atomic E-state index is 5.38. The van der Waals surface area contributed by atoms with Crippen LogP contribution in [0.3, 0.4) is 0 Å². The summed E-state index contributed by atoms with van der Waals surface area (Å²) in [6.45, 7) is 2.28. The van der Waals surface area contributed by atoms with E-state index in [0.29, 0.717) is 11.5 Å². The molecule has 0 aliphatic heterocycles. The van der Waals surface area contributed by atoms with Crippen molar-refractivity contribution >= 4 is 0 Å². The van der Waals surface area contributed by atoms with Crippen molar-refractivity contribution in [3.05, 3.63) is 23.8 Å². The van der Waals surface area contributed by atoms with E-state index in [2.05, 4.69) is 6.07 Å². The minimum atomic E-state index is 0. The molecule has 84 valence electrons. The van der Waals surface area contributed by atoms with Gasteiger partial charge >= 0.3 is 18.9 Å². The third-order valence-electron chi connectivity index (χ3n) is 1.75. The average molecular weight is 218 g/mol. The molecule has 0 N–H and O–H groups in total. The minimum absolute atomic E-state index is 0. The number of hydrogen-bond acceptors (Lipinski definition) is 4. The van der Waals surface area contributed by atoms with Gasteiger partial charge in [-0.3, -0.25) is 0 Å². The zero-order valence-corrected chi connectivity index (χ0v) is 10.2. The molecule has 1 rings (SSSR count). The number of ether oxygens (including phenoxy) is 4. The van der Waals surface area contributed by atoms with Crippen molar-refractivity contribution < 1.29 is 37.8 Å². The van der Waals surface area contributed by atoms with E-state index < -0.39 is 0 Å². The van der Waals surface area contributed by atoms with Gasteiger partial charge in [0.15, 0.2) is 13.6 Å². The molecule has 5 heteroatoms. The molecule has 0 fully saturated rings. The first-order chi connectivity index (χ1) is 7.29. The Labute approximate surface area is 108 Å². The number of hydrogen-bond donors (Lipinski definition) is 0. The molecule has 0 saturated heterocycles. The summed E-state index contributed by atoms with van der Waals surface area (Å²) in [4.78, 5) is 0. The topological polar surface area (TPSA) is 36.9 Å². The molecule has 0 amide bonds. The minimum Gasteiger partial charge on any atom is -0.524 e. The Balaban J connectivity index is 0.00000225. The van der Waals surface area contributed by atoms with Crippen LogP contribution in [0, 0.1) is 13.0 Å². The molecular formula is C11H15LiO4. The van der Waals surface area contributed by atoms with Crippen LogP contribution in [0.2, 0.25) is 0 Å². The van der Waals surface area contributed by atoms with Crippen molar-refractivity contribution in [2.75, 3.05) is 27.8 Å². The van der Waals surface area contributed by atoms with E-state index in [1.54, 1.807) is 20.3 Å². The van der Waals surface area contributed by atoms with E-state index >= 15 is 0 Å². The van der Waals surface area contributed by atoms with E-state index in [4.69, 9.17) is 18.9 Å². The summed E-state index contributed by atoms with van der Waals surface area (Å²) >= 11 is 0. The first kappa shape index (κ1) is 15.3. The van der Waals surface area contributed by atoms with Crippen LogP contribution in [-0.2, 0) is 9.47 Å². The fourth-order valence-electron chi connectivity index (χ4n) is 1.08. The number of benzene rings is 1. The predicted molar refractivity (Wildman–Crippen MR) is 55.0 cm³/mol. The van der Waals surface area contributed by atoms with Gasteiger partial charge in [0.25, 0.3) is 0 Å². The van der Waals surface area contributed by atoms with Gasteiger partial charge in [-0.2, -0.15) is 12.1 Å². The molecule has 0 atom stereocenters. The molecule has 0 spiro atoms.